The quantitative estimate of drug-likeness (QED) is 0.0211. The van der Waals surface area contributed by atoms with Crippen molar-refractivity contribution in [2.24, 2.45) is 0 Å². The Hall–Kier alpha value is -5.41. The fourth-order valence-corrected chi connectivity index (χ4v) is 11.1. The second-order valence-electron chi connectivity index (χ2n) is 27.0. The molecule has 10 heteroatoms. The largest absolute Gasteiger partial charge is 0.472 e. The van der Waals surface area contributed by atoms with Crippen LogP contribution in [0.25, 0.3) is 0 Å². The Morgan fingerprint density at radius 1 is 0.310 bits per heavy atom. The summed E-state index contributed by atoms with van der Waals surface area (Å²) < 4.78 is 34.7. The number of likely N-dealkylation sites (N-methyl/N-ethyl adjacent to an activating group) is 1. The lowest BCUT2D eigenvalue weighted by Crippen LogP contribution is -2.37. The number of unbranched alkanes of at least 4 members (excludes halogenated alkanes) is 23. The lowest BCUT2D eigenvalue weighted by atomic mass is 10.0. The van der Waals surface area contributed by atoms with E-state index >= 15 is 0 Å². The lowest BCUT2D eigenvalue weighted by molar-refractivity contribution is -0.870. The third-order valence-corrected chi connectivity index (χ3v) is 17.3. The van der Waals surface area contributed by atoms with Crippen molar-refractivity contribution in [3.63, 3.8) is 0 Å². The number of phosphoric acid groups is 1. The molecule has 0 heterocycles. The van der Waals surface area contributed by atoms with Crippen LogP contribution in [-0.4, -0.2) is 74.9 Å². The SMILES string of the molecule is CC/C=C\C/C=C\C/C=C\C/C=C\C/C=C\C/C=C\C/C=C\C/C=C\C/C=C\C/C=C\C/C=C\C/C=C\CCCCC(=O)OC(COC(=O)CCCCCCCCCCCCCCCCCCCCCCC/C=C\C/C=C\C/C=C\C/C=C\C/C=C\CC)COP(=O)(O)OCC[N+](C)(C)C. The first-order valence-corrected chi connectivity index (χ1v) is 41.3. The Labute approximate surface area is 615 Å². The monoisotopic (exact) mass is 1400 g/mol. The van der Waals surface area contributed by atoms with E-state index in [1.54, 1.807) is 0 Å². The maximum atomic E-state index is 12.9. The number of rotatable bonds is 71. The molecule has 0 aliphatic carbocycles. The summed E-state index contributed by atoms with van der Waals surface area (Å²) in [6, 6.07) is 0. The van der Waals surface area contributed by atoms with E-state index in [2.05, 4.69) is 220 Å². The number of quaternary nitrogens is 1. The molecule has 0 saturated heterocycles. The molecular formula is C90H147NO8P+. The molecular weight excluding hydrogens is 1250 g/mol. The first kappa shape index (κ1) is 94.6. The molecule has 2 unspecified atom stereocenters. The van der Waals surface area contributed by atoms with E-state index in [4.69, 9.17) is 18.5 Å². The summed E-state index contributed by atoms with van der Waals surface area (Å²) in [6.45, 7) is 4.15. The summed E-state index contributed by atoms with van der Waals surface area (Å²) in [5.74, 6) is -0.854. The van der Waals surface area contributed by atoms with Crippen molar-refractivity contribution < 1.29 is 42.1 Å². The van der Waals surface area contributed by atoms with Crippen LogP contribution in [0.15, 0.2) is 207 Å². The molecule has 100 heavy (non-hydrogen) atoms. The van der Waals surface area contributed by atoms with Crippen LogP contribution in [0.1, 0.15) is 296 Å². The second kappa shape index (κ2) is 77.7. The molecule has 0 aliphatic heterocycles. The number of esters is 2. The van der Waals surface area contributed by atoms with Crippen molar-refractivity contribution in [3.8, 4) is 0 Å². The van der Waals surface area contributed by atoms with Crippen molar-refractivity contribution in [1.29, 1.82) is 0 Å². The zero-order chi connectivity index (χ0) is 72.5. The molecule has 0 aromatic heterocycles. The van der Waals surface area contributed by atoms with Gasteiger partial charge >= 0.3 is 19.8 Å². The maximum absolute atomic E-state index is 12.9. The van der Waals surface area contributed by atoms with Gasteiger partial charge in [0.15, 0.2) is 6.10 Å². The Morgan fingerprint density at radius 2 is 0.540 bits per heavy atom. The van der Waals surface area contributed by atoms with E-state index in [1.165, 1.54) is 122 Å². The Bertz CT molecular complexity index is 2450. The van der Waals surface area contributed by atoms with Crippen molar-refractivity contribution in [3.05, 3.63) is 207 Å². The highest BCUT2D eigenvalue weighted by molar-refractivity contribution is 7.47. The van der Waals surface area contributed by atoms with Crippen LogP contribution in [0, 0.1) is 0 Å². The van der Waals surface area contributed by atoms with E-state index in [0.29, 0.717) is 17.4 Å². The first-order chi connectivity index (χ1) is 49.0. The number of hydrogen-bond donors (Lipinski definition) is 1. The molecule has 0 saturated carbocycles. The predicted octanol–water partition coefficient (Wildman–Crippen LogP) is 26.9. The minimum absolute atomic E-state index is 0.0139. The number of nitrogens with zero attached hydrogens (tertiary/aromatic N) is 1. The van der Waals surface area contributed by atoms with Gasteiger partial charge in [0.2, 0.25) is 0 Å². The summed E-state index contributed by atoms with van der Waals surface area (Å²) in [7, 11) is 1.43. The Balaban J connectivity index is 4.11. The van der Waals surface area contributed by atoms with Crippen LogP contribution in [0.5, 0.6) is 0 Å². The minimum atomic E-state index is -4.42. The molecule has 564 valence electrons. The fraction of sp³-hybridized carbons (Fsp3) is 0.600. The zero-order valence-electron chi connectivity index (χ0n) is 64.3. The smallest absolute Gasteiger partial charge is 0.462 e. The van der Waals surface area contributed by atoms with Gasteiger partial charge < -0.3 is 18.9 Å². The van der Waals surface area contributed by atoms with Gasteiger partial charge in [0, 0.05) is 12.8 Å². The molecule has 0 aliphatic rings. The van der Waals surface area contributed by atoms with Gasteiger partial charge in [-0.05, 0) is 148 Å². The van der Waals surface area contributed by atoms with Crippen LogP contribution in [0.4, 0.5) is 0 Å². The van der Waals surface area contributed by atoms with Crippen LogP contribution < -0.4 is 0 Å². The Morgan fingerprint density at radius 3 is 0.820 bits per heavy atom. The average Bonchev–Trinajstić information content (AvgIpc) is 1.07. The molecule has 9 nitrogen and oxygen atoms in total. The molecule has 0 rings (SSSR count). The van der Waals surface area contributed by atoms with Crippen molar-refractivity contribution in [1.82, 2.24) is 0 Å². The maximum Gasteiger partial charge on any atom is 0.472 e. The molecule has 0 radical (unpaired) electrons. The highest BCUT2D eigenvalue weighted by Crippen LogP contribution is 2.43. The number of carbonyl (C=O) groups is 2. The zero-order valence-corrected chi connectivity index (χ0v) is 65.2. The number of ether oxygens (including phenoxy) is 2. The van der Waals surface area contributed by atoms with E-state index in [1.807, 2.05) is 21.1 Å². The highest BCUT2D eigenvalue weighted by Gasteiger charge is 2.27. The summed E-state index contributed by atoms with van der Waals surface area (Å²) in [6.07, 6.45) is 123. The van der Waals surface area contributed by atoms with Gasteiger partial charge in [-0.15, -0.1) is 0 Å². The van der Waals surface area contributed by atoms with Gasteiger partial charge in [0.05, 0.1) is 27.7 Å². The van der Waals surface area contributed by atoms with Crippen LogP contribution >= 0.6 is 7.82 Å². The summed E-state index contributed by atoms with van der Waals surface area (Å²) in [4.78, 5) is 36.0. The third-order valence-electron chi connectivity index (χ3n) is 16.3. The summed E-state index contributed by atoms with van der Waals surface area (Å²) in [5, 5.41) is 0. The topological polar surface area (TPSA) is 108 Å². The summed E-state index contributed by atoms with van der Waals surface area (Å²) >= 11 is 0. The van der Waals surface area contributed by atoms with Gasteiger partial charge in [0.1, 0.15) is 19.8 Å². The number of carbonyl (C=O) groups excluding carboxylic acids is 2. The predicted molar refractivity (Wildman–Crippen MR) is 435 cm³/mol. The molecule has 1 N–H and O–H groups in total. The van der Waals surface area contributed by atoms with Gasteiger partial charge in [-0.2, -0.15) is 0 Å². The second-order valence-corrected chi connectivity index (χ2v) is 28.4. The third kappa shape index (κ3) is 81.6. The number of phosphoric ester groups is 1. The van der Waals surface area contributed by atoms with E-state index in [0.717, 1.165) is 141 Å². The standard InChI is InChI=1S/C90H146NO8P/c1-6-8-10-12-14-16-18-20-22-24-26-28-30-32-34-36-38-40-42-44-45-47-49-51-53-55-57-59-61-63-65-67-69-71-73-75-77-79-81-83-90(93)99-88(87-98-100(94,95)97-85-84-91(3,4)5)86-96-89(92)82-80-78-76-74-72-70-68-66-64-62-60-58-56-54-52-50-48-46-43-41-39-37-35-33-31-29-27-25-23-21-19-17-15-13-11-9-7-2/h8-11,14-17,20-23,26-29,32-35,38,40,44-45,49,51,55,57,61,63,67,69,73,75,88H,6-7,12-13,18-19,24-25,30-31,36-37,39,41-43,46-48,50,52-54,56,58-60,62,64-66,68,70-72,74,76-87H2,1-5H3/p+1/b10-8-,11-9-,16-14-,17-15-,22-20-,23-21-,28-26-,29-27-,34-32-,35-33-,40-38-,45-44-,51-49-,57-55-,63-61-,69-67-,75-73-. The van der Waals surface area contributed by atoms with Gasteiger partial charge in [-0.1, -0.05) is 342 Å². The normalized spacial score (nSPS) is 14.2. The van der Waals surface area contributed by atoms with Crippen molar-refractivity contribution in [2.75, 3.05) is 47.5 Å². The molecule has 0 spiro atoms. The van der Waals surface area contributed by atoms with Gasteiger partial charge in [0.25, 0.3) is 0 Å². The van der Waals surface area contributed by atoms with E-state index in [9.17, 15) is 19.0 Å². The fourth-order valence-electron chi connectivity index (χ4n) is 10.3. The van der Waals surface area contributed by atoms with E-state index < -0.39 is 26.5 Å². The van der Waals surface area contributed by atoms with Crippen molar-refractivity contribution in [2.45, 2.75) is 302 Å². The molecule has 0 aromatic carbocycles. The van der Waals surface area contributed by atoms with Crippen LogP contribution in [0.2, 0.25) is 0 Å². The summed E-state index contributed by atoms with van der Waals surface area (Å²) in [5.41, 5.74) is 0. The number of hydrogen-bond acceptors (Lipinski definition) is 7. The molecule has 0 fully saturated rings. The average molecular weight is 1400 g/mol. The van der Waals surface area contributed by atoms with E-state index in [-0.39, 0.29) is 32.0 Å². The lowest BCUT2D eigenvalue weighted by Gasteiger charge is -2.24. The number of allylic oxidation sites excluding steroid dienone is 34. The Kier molecular flexibility index (Phi) is 73.5. The molecule has 0 bridgehead atoms. The molecule has 2 atom stereocenters. The van der Waals surface area contributed by atoms with Crippen LogP contribution in [0.3, 0.4) is 0 Å². The van der Waals surface area contributed by atoms with Crippen LogP contribution in [-0.2, 0) is 32.7 Å². The highest BCUT2D eigenvalue weighted by atomic mass is 31.2. The molecule has 0 aromatic rings. The van der Waals surface area contributed by atoms with Crippen molar-refractivity contribution >= 4 is 19.8 Å². The van der Waals surface area contributed by atoms with Gasteiger partial charge in [-0.25, -0.2) is 4.57 Å². The minimum Gasteiger partial charge on any atom is -0.462 e. The first-order valence-electron chi connectivity index (χ1n) is 39.8. The molecule has 0 amide bonds. The van der Waals surface area contributed by atoms with Gasteiger partial charge in [-0.3, -0.25) is 18.6 Å².